The largest absolute Gasteiger partial charge is 0.456 e. The lowest BCUT2D eigenvalue weighted by Gasteiger charge is -2.27. The molecule has 0 aliphatic carbocycles. The molecule has 0 N–H and O–H groups in total. The summed E-state index contributed by atoms with van der Waals surface area (Å²) in [5.74, 6) is 0.849. The zero-order valence-corrected chi connectivity index (χ0v) is 46.4. The molecule has 394 valence electrons. The fraction of sp³-hybridized carbons (Fsp3) is 0.0769. The fourth-order valence-electron chi connectivity index (χ4n) is 12.0. The molecule has 82 heavy (non-hydrogen) atoms. The van der Waals surface area contributed by atoms with E-state index >= 15 is 0 Å². The molecule has 0 aliphatic heterocycles. The van der Waals surface area contributed by atoms with Crippen molar-refractivity contribution in [1.82, 2.24) is 0 Å². The number of furan rings is 2. The van der Waals surface area contributed by atoms with E-state index in [2.05, 4.69) is 317 Å². The van der Waals surface area contributed by atoms with Crippen LogP contribution in [-0.4, -0.2) is 0 Å². The van der Waals surface area contributed by atoms with Crippen LogP contribution in [-0.2, 0) is 0 Å². The van der Waals surface area contributed by atoms with Gasteiger partial charge in [0.15, 0.2) is 0 Å². The Morgan fingerprint density at radius 3 is 0.854 bits per heavy atom. The van der Waals surface area contributed by atoms with Gasteiger partial charge in [-0.2, -0.15) is 0 Å². The molecule has 14 aromatic rings. The molecular weight excluding hydrogens is 997 g/mol. The summed E-state index contributed by atoms with van der Waals surface area (Å²) in [5, 5.41) is 4.30. The maximum atomic E-state index is 6.71. The van der Waals surface area contributed by atoms with E-state index in [1.54, 1.807) is 0 Å². The highest BCUT2D eigenvalue weighted by Gasteiger charge is 2.25. The monoisotopic (exact) mass is 1060 g/mol. The van der Waals surface area contributed by atoms with Crippen molar-refractivity contribution in [3.05, 3.63) is 290 Å². The molecular formula is C78H60N2O2. The molecule has 0 aliphatic rings. The van der Waals surface area contributed by atoms with Gasteiger partial charge >= 0.3 is 0 Å². The summed E-state index contributed by atoms with van der Waals surface area (Å²) in [4.78, 5) is 4.72. The van der Waals surface area contributed by atoms with Crippen molar-refractivity contribution in [3.8, 4) is 55.6 Å². The summed E-state index contributed by atoms with van der Waals surface area (Å²) < 4.78 is 13.4. The summed E-state index contributed by atoms with van der Waals surface area (Å²) in [7, 11) is 0. The van der Waals surface area contributed by atoms with Gasteiger partial charge in [-0.25, -0.2) is 0 Å². The zero-order valence-electron chi connectivity index (χ0n) is 46.4. The predicted octanol–water partition coefficient (Wildman–Crippen LogP) is 23.0. The first-order valence-electron chi connectivity index (χ1n) is 28.5. The van der Waals surface area contributed by atoms with E-state index in [0.29, 0.717) is 11.8 Å². The first-order chi connectivity index (χ1) is 40.3. The Balaban J connectivity index is 0.930. The second kappa shape index (κ2) is 21.1. The predicted molar refractivity (Wildman–Crippen MR) is 346 cm³/mol. The van der Waals surface area contributed by atoms with Gasteiger partial charge in [-0.05, 0) is 177 Å². The number of para-hydroxylation sites is 2. The third-order valence-electron chi connectivity index (χ3n) is 16.3. The smallest absolute Gasteiger partial charge is 0.136 e. The minimum absolute atomic E-state index is 0.424. The Hall–Kier alpha value is -10.2. The van der Waals surface area contributed by atoms with Crippen LogP contribution in [0.3, 0.4) is 0 Å². The number of benzene rings is 12. The molecule has 0 fully saturated rings. The summed E-state index contributed by atoms with van der Waals surface area (Å²) in [6, 6.07) is 101. The van der Waals surface area contributed by atoms with Gasteiger partial charge < -0.3 is 18.6 Å². The van der Waals surface area contributed by atoms with E-state index in [4.69, 9.17) is 8.83 Å². The average molecular weight is 1060 g/mol. The Morgan fingerprint density at radius 1 is 0.244 bits per heavy atom. The molecule has 14 rings (SSSR count). The fourth-order valence-corrected chi connectivity index (χ4v) is 12.0. The van der Waals surface area contributed by atoms with E-state index in [0.717, 1.165) is 111 Å². The average Bonchev–Trinajstić information content (AvgIpc) is 3.63. The number of fused-ring (bicyclic) bond motifs is 6. The number of anilines is 6. The van der Waals surface area contributed by atoms with Gasteiger partial charge in [0, 0.05) is 66.8 Å². The third-order valence-corrected chi connectivity index (χ3v) is 16.3. The Morgan fingerprint density at radius 2 is 0.524 bits per heavy atom. The highest BCUT2D eigenvalue weighted by molar-refractivity contribution is 6.20. The van der Waals surface area contributed by atoms with Crippen LogP contribution < -0.4 is 9.80 Å². The summed E-state index contributed by atoms with van der Waals surface area (Å²) in [5.41, 5.74) is 23.8. The first kappa shape index (κ1) is 50.1. The van der Waals surface area contributed by atoms with E-state index in [1.165, 1.54) is 33.4 Å². The van der Waals surface area contributed by atoms with Gasteiger partial charge in [-0.3, -0.25) is 0 Å². The summed E-state index contributed by atoms with van der Waals surface area (Å²) in [6.07, 6.45) is 0. The lowest BCUT2D eigenvalue weighted by molar-refractivity contribution is 0.668. The molecule has 12 aromatic carbocycles. The Kier molecular flexibility index (Phi) is 12.9. The standard InChI is InChI=1S/C78H60N2O2/c1-51(2)53-23-35-61(36-24-53)79(63-39-27-57(28-40-63)55-15-7-5-8-16-55)65-43-31-59(32-44-65)75-67(47-49-73-77(75)69-19-11-13-21-71(69)81-73)68-48-50-74-78(70-20-12-14-22-72(70)82-74)76(68)60-33-45-66(46-34-60)80(62-37-25-54(26-38-62)52(3)4)64-41-29-58(30-42-64)56-17-9-6-10-18-56/h5-52H,1-4H3. The maximum Gasteiger partial charge on any atom is 0.136 e. The van der Waals surface area contributed by atoms with E-state index in [1.807, 2.05) is 0 Å². The molecule has 4 heteroatoms. The second-order valence-electron chi connectivity index (χ2n) is 22.0. The minimum atomic E-state index is 0.424. The molecule has 4 nitrogen and oxygen atoms in total. The molecule has 0 atom stereocenters. The molecule has 0 saturated heterocycles. The maximum absolute atomic E-state index is 6.71. The number of rotatable bonds is 13. The number of hydrogen-bond donors (Lipinski definition) is 0. The summed E-state index contributed by atoms with van der Waals surface area (Å²) >= 11 is 0. The van der Waals surface area contributed by atoms with Crippen LogP contribution in [0.4, 0.5) is 34.1 Å². The molecule has 2 aromatic heterocycles. The van der Waals surface area contributed by atoms with E-state index in [-0.39, 0.29) is 0 Å². The summed E-state index contributed by atoms with van der Waals surface area (Å²) in [6.45, 7) is 8.98. The van der Waals surface area contributed by atoms with Crippen LogP contribution in [0.1, 0.15) is 50.7 Å². The Labute approximate surface area is 479 Å². The van der Waals surface area contributed by atoms with Gasteiger partial charge in [0.05, 0.1) is 0 Å². The van der Waals surface area contributed by atoms with Crippen LogP contribution in [0, 0.1) is 0 Å². The quantitative estimate of drug-likeness (QED) is 0.115. The molecule has 0 amide bonds. The van der Waals surface area contributed by atoms with Gasteiger partial charge in [0.2, 0.25) is 0 Å². The van der Waals surface area contributed by atoms with Crippen LogP contribution in [0.2, 0.25) is 0 Å². The first-order valence-corrected chi connectivity index (χ1v) is 28.5. The molecule has 2 heterocycles. The van der Waals surface area contributed by atoms with E-state index in [9.17, 15) is 0 Å². The molecule has 0 saturated carbocycles. The van der Waals surface area contributed by atoms with Crippen LogP contribution in [0.5, 0.6) is 0 Å². The van der Waals surface area contributed by atoms with Gasteiger partial charge in [0.1, 0.15) is 22.3 Å². The highest BCUT2D eigenvalue weighted by Crippen LogP contribution is 2.50. The topological polar surface area (TPSA) is 32.8 Å². The lowest BCUT2D eigenvalue weighted by Crippen LogP contribution is -2.10. The lowest BCUT2D eigenvalue weighted by atomic mass is 9.85. The van der Waals surface area contributed by atoms with Crippen molar-refractivity contribution in [1.29, 1.82) is 0 Å². The van der Waals surface area contributed by atoms with Crippen LogP contribution in [0.25, 0.3) is 99.5 Å². The zero-order chi connectivity index (χ0) is 55.3. The van der Waals surface area contributed by atoms with E-state index < -0.39 is 0 Å². The minimum Gasteiger partial charge on any atom is -0.456 e. The molecule has 0 spiro atoms. The van der Waals surface area contributed by atoms with Crippen molar-refractivity contribution < 1.29 is 8.83 Å². The number of nitrogens with zero attached hydrogens (tertiary/aromatic N) is 2. The van der Waals surface area contributed by atoms with Crippen molar-refractivity contribution in [2.45, 2.75) is 39.5 Å². The highest BCUT2D eigenvalue weighted by atomic mass is 16.3. The van der Waals surface area contributed by atoms with Gasteiger partial charge in [-0.1, -0.05) is 198 Å². The number of hydrogen-bond acceptors (Lipinski definition) is 4. The van der Waals surface area contributed by atoms with Gasteiger partial charge in [-0.15, -0.1) is 0 Å². The van der Waals surface area contributed by atoms with Crippen molar-refractivity contribution in [3.63, 3.8) is 0 Å². The normalized spacial score (nSPS) is 11.6. The van der Waals surface area contributed by atoms with Crippen LogP contribution in [0.15, 0.2) is 288 Å². The second-order valence-corrected chi connectivity index (χ2v) is 22.0. The van der Waals surface area contributed by atoms with Crippen molar-refractivity contribution in [2.75, 3.05) is 9.80 Å². The van der Waals surface area contributed by atoms with Crippen LogP contribution >= 0.6 is 0 Å². The van der Waals surface area contributed by atoms with Gasteiger partial charge in [0.25, 0.3) is 0 Å². The SMILES string of the molecule is CC(C)c1ccc(N(c2ccc(-c3ccccc3)cc2)c2ccc(-c3c(-c4ccc5oc6ccccc6c5c4-c4ccc(N(c5ccc(-c6ccccc6)cc5)c5ccc(C(C)C)cc5)cc4)ccc4oc5ccccc5c34)cc2)cc1. The Bertz CT molecular complexity index is 4260. The molecule has 0 bridgehead atoms. The van der Waals surface area contributed by atoms with Crippen molar-refractivity contribution >= 4 is 78.0 Å². The molecule has 0 radical (unpaired) electrons. The third kappa shape index (κ3) is 9.18. The van der Waals surface area contributed by atoms with Crippen molar-refractivity contribution in [2.24, 2.45) is 0 Å². The molecule has 0 unspecified atom stereocenters.